The summed E-state index contributed by atoms with van der Waals surface area (Å²) in [7, 11) is 0. The summed E-state index contributed by atoms with van der Waals surface area (Å²) >= 11 is 0. The number of benzene rings is 1. The molecule has 0 radical (unpaired) electrons. The standard InChI is InChI=1S/C22H29F3N2O3/c1-4-15(3)26-19(28)18-13-30-21(10-8-14(2)9-11-21)27(18)20(29)16-6-5-7-17(12-16)22(23,24)25/h5-7,12,14-15,18H,4,8-11,13H2,1-3H3,(H,26,28)/t14?,15-,18+,21?/m0/s1. The molecule has 1 aliphatic carbocycles. The Kier molecular flexibility index (Phi) is 6.45. The van der Waals surface area contributed by atoms with E-state index in [2.05, 4.69) is 12.2 Å². The van der Waals surface area contributed by atoms with Crippen LogP contribution in [0.4, 0.5) is 13.2 Å². The average molecular weight is 426 g/mol. The quantitative estimate of drug-likeness (QED) is 0.778. The van der Waals surface area contributed by atoms with Gasteiger partial charge in [-0.15, -0.1) is 0 Å². The molecule has 1 spiro atoms. The van der Waals surface area contributed by atoms with Gasteiger partial charge in [-0.3, -0.25) is 14.5 Å². The highest BCUT2D eigenvalue weighted by Crippen LogP contribution is 2.43. The molecule has 1 N–H and O–H groups in total. The third-order valence-corrected chi connectivity index (χ3v) is 6.28. The number of hydrogen-bond donors (Lipinski definition) is 1. The van der Waals surface area contributed by atoms with E-state index in [4.69, 9.17) is 4.74 Å². The van der Waals surface area contributed by atoms with Crippen LogP contribution in [0.15, 0.2) is 24.3 Å². The van der Waals surface area contributed by atoms with E-state index in [0.29, 0.717) is 18.8 Å². The third kappa shape index (κ3) is 4.48. The molecule has 1 aromatic rings. The van der Waals surface area contributed by atoms with Crippen molar-refractivity contribution in [3.63, 3.8) is 0 Å². The number of halogens is 3. The first-order chi connectivity index (χ1) is 14.1. The van der Waals surface area contributed by atoms with Gasteiger partial charge in [-0.05, 0) is 63.1 Å². The fourth-order valence-corrected chi connectivity index (χ4v) is 4.19. The number of ether oxygens (including phenoxy) is 1. The highest BCUT2D eigenvalue weighted by molar-refractivity contribution is 5.98. The first-order valence-corrected chi connectivity index (χ1v) is 10.5. The van der Waals surface area contributed by atoms with Gasteiger partial charge in [-0.25, -0.2) is 0 Å². The van der Waals surface area contributed by atoms with E-state index in [1.165, 1.54) is 17.0 Å². The Morgan fingerprint density at radius 2 is 1.97 bits per heavy atom. The Hall–Kier alpha value is -2.09. The maximum absolute atomic E-state index is 13.4. The number of nitrogens with one attached hydrogen (secondary N) is 1. The summed E-state index contributed by atoms with van der Waals surface area (Å²) in [5, 5.41) is 2.88. The number of nitrogens with zero attached hydrogens (tertiary/aromatic N) is 1. The number of alkyl halides is 3. The van der Waals surface area contributed by atoms with Gasteiger partial charge in [0.2, 0.25) is 5.91 Å². The van der Waals surface area contributed by atoms with E-state index in [0.717, 1.165) is 31.4 Å². The summed E-state index contributed by atoms with van der Waals surface area (Å²) in [4.78, 5) is 27.8. The van der Waals surface area contributed by atoms with E-state index in [9.17, 15) is 22.8 Å². The molecule has 1 heterocycles. The minimum absolute atomic E-state index is 0.0430. The zero-order valence-electron chi connectivity index (χ0n) is 17.6. The molecule has 166 valence electrons. The van der Waals surface area contributed by atoms with Crippen LogP contribution in [0.5, 0.6) is 0 Å². The molecule has 2 aliphatic rings. The van der Waals surface area contributed by atoms with Gasteiger partial charge >= 0.3 is 6.18 Å². The number of rotatable bonds is 4. The van der Waals surface area contributed by atoms with E-state index in [1.54, 1.807) is 0 Å². The van der Waals surface area contributed by atoms with E-state index < -0.39 is 29.4 Å². The van der Waals surface area contributed by atoms with Gasteiger partial charge in [0.15, 0.2) is 0 Å². The van der Waals surface area contributed by atoms with Crippen molar-refractivity contribution in [2.45, 2.75) is 76.9 Å². The Morgan fingerprint density at radius 1 is 1.30 bits per heavy atom. The lowest BCUT2D eigenvalue weighted by Crippen LogP contribution is -2.57. The predicted octanol–water partition coefficient (Wildman–Crippen LogP) is 4.37. The van der Waals surface area contributed by atoms with Crippen molar-refractivity contribution >= 4 is 11.8 Å². The minimum Gasteiger partial charge on any atom is -0.353 e. The van der Waals surface area contributed by atoms with Crippen LogP contribution in [0, 0.1) is 5.92 Å². The molecule has 3 rings (SSSR count). The third-order valence-electron chi connectivity index (χ3n) is 6.28. The van der Waals surface area contributed by atoms with Crippen molar-refractivity contribution in [3.8, 4) is 0 Å². The predicted molar refractivity (Wildman–Crippen MR) is 106 cm³/mol. The van der Waals surface area contributed by atoms with Crippen LogP contribution in [0.3, 0.4) is 0 Å². The van der Waals surface area contributed by atoms with Crippen LogP contribution in [0.1, 0.15) is 68.8 Å². The van der Waals surface area contributed by atoms with Crippen LogP contribution in [0.2, 0.25) is 0 Å². The first kappa shape index (κ1) is 22.6. The maximum atomic E-state index is 13.4. The summed E-state index contributed by atoms with van der Waals surface area (Å²) in [6, 6.07) is 3.42. The molecule has 1 aliphatic heterocycles. The average Bonchev–Trinajstić information content (AvgIpc) is 3.08. The molecule has 1 saturated carbocycles. The Labute approximate surface area is 175 Å². The van der Waals surface area contributed by atoms with Crippen LogP contribution >= 0.6 is 0 Å². The molecule has 2 amide bonds. The second-order valence-electron chi connectivity index (χ2n) is 8.53. The number of carbonyl (C=O) groups is 2. The summed E-state index contributed by atoms with van der Waals surface area (Å²) in [5.41, 5.74) is -1.93. The van der Waals surface area contributed by atoms with Crippen molar-refractivity contribution < 1.29 is 27.5 Å². The molecule has 2 fully saturated rings. The Morgan fingerprint density at radius 3 is 2.57 bits per heavy atom. The molecule has 0 unspecified atom stereocenters. The molecule has 8 heteroatoms. The van der Waals surface area contributed by atoms with E-state index in [1.807, 2.05) is 13.8 Å². The van der Waals surface area contributed by atoms with Gasteiger partial charge in [-0.1, -0.05) is 19.9 Å². The molecule has 1 saturated heterocycles. The summed E-state index contributed by atoms with van der Waals surface area (Å²) < 4.78 is 45.6. The lowest BCUT2D eigenvalue weighted by Gasteiger charge is -2.43. The lowest BCUT2D eigenvalue weighted by atomic mass is 9.83. The zero-order valence-corrected chi connectivity index (χ0v) is 17.6. The van der Waals surface area contributed by atoms with Gasteiger partial charge in [0, 0.05) is 11.6 Å². The van der Waals surface area contributed by atoms with Crippen molar-refractivity contribution in [2.75, 3.05) is 6.61 Å². The summed E-state index contributed by atoms with van der Waals surface area (Å²) in [6.07, 6.45) is -1.05. The first-order valence-electron chi connectivity index (χ1n) is 10.5. The van der Waals surface area contributed by atoms with Gasteiger partial charge < -0.3 is 10.1 Å². The molecule has 30 heavy (non-hydrogen) atoms. The van der Waals surface area contributed by atoms with Crippen molar-refractivity contribution in [3.05, 3.63) is 35.4 Å². The molecule has 0 bridgehead atoms. The van der Waals surface area contributed by atoms with Crippen LogP contribution in [-0.2, 0) is 15.7 Å². The SMILES string of the molecule is CC[C@H](C)NC(=O)[C@H]1COC2(CCC(C)CC2)N1C(=O)c1cccc(C(F)(F)F)c1. The Bertz CT molecular complexity index is 788. The summed E-state index contributed by atoms with van der Waals surface area (Å²) in [6.45, 7) is 5.96. The second-order valence-corrected chi connectivity index (χ2v) is 8.53. The fraction of sp³-hybridized carbons (Fsp3) is 0.636. The largest absolute Gasteiger partial charge is 0.416 e. The maximum Gasteiger partial charge on any atom is 0.416 e. The monoisotopic (exact) mass is 426 g/mol. The van der Waals surface area contributed by atoms with Gasteiger partial charge in [0.1, 0.15) is 11.8 Å². The molecule has 2 atom stereocenters. The highest BCUT2D eigenvalue weighted by atomic mass is 19.4. The fourth-order valence-electron chi connectivity index (χ4n) is 4.19. The smallest absolute Gasteiger partial charge is 0.353 e. The zero-order chi connectivity index (χ0) is 22.1. The van der Waals surface area contributed by atoms with Crippen molar-refractivity contribution in [1.82, 2.24) is 10.2 Å². The highest BCUT2D eigenvalue weighted by Gasteiger charge is 2.53. The van der Waals surface area contributed by atoms with Crippen LogP contribution in [0.25, 0.3) is 0 Å². The van der Waals surface area contributed by atoms with Gasteiger partial charge in [-0.2, -0.15) is 13.2 Å². The molecular formula is C22H29F3N2O3. The number of carbonyl (C=O) groups excluding carboxylic acids is 2. The normalized spacial score (nSPS) is 27.9. The van der Waals surface area contributed by atoms with Crippen molar-refractivity contribution in [1.29, 1.82) is 0 Å². The summed E-state index contributed by atoms with van der Waals surface area (Å²) in [5.74, 6) is -0.463. The second kappa shape index (κ2) is 8.57. The van der Waals surface area contributed by atoms with Gasteiger partial charge in [0.25, 0.3) is 5.91 Å². The minimum atomic E-state index is -4.55. The van der Waals surface area contributed by atoms with Crippen LogP contribution in [-0.4, -0.2) is 41.1 Å². The molecular weight excluding hydrogens is 397 g/mol. The Balaban J connectivity index is 1.95. The van der Waals surface area contributed by atoms with Crippen molar-refractivity contribution in [2.24, 2.45) is 5.92 Å². The molecule has 0 aromatic heterocycles. The van der Waals surface area contributed by atoms with Crippen LogP contribution < -0.4 is 5.32 Å². The number of amides is 2. The molecule has 1 aromatic carbocycles. The topological polar surface area (TPSA) is 58.6 Å². The lowest BCUT2D eigenvalue weighted by molar-refractivity contribution is -0.137. The van der Waals surface area contributed by atoms with Gasteiger partial charge in [0.05, 0.1) is 12.2 Å². The van der Waals surface area contributed by atoms with E-state index >= 15 is 0 Å². The number of hydrogen-bond acceptors (Lipinski definition) is 3. The van der Waals surface area contributed by atoms with E-state index in [-0.39, 0.29) is 24.1 Å². The molecule has 5 nitrogen and oxygen atoms in total.